The van der Waals surface area contributed by atoms with Crippen molar-refractivity contribution in [2.24, 2.45) is 0 Å². The molecule has 0 spiro atoms. The van der Waals surface area contributed by atoms with Crippen LogP contribution in [0.4, 0.5) is 0 Å². The van der Waals surface area contributed by atoms with E-state index in [0.717, 1.165) is 18.4 Å². The monoisotopic (exact) mass is 437 g/mol. The molecular formula is C25H27NOSe. The Kier molecular flexibility index (Phi) is 8.07. The Hall–Kier alpha value is -2.16. The standard InChI is InChI=1S/C25H27NOSe/c1-20-12-8-9-13-21(20)14-10-11-19-24(28-23-17-6-3-7-18-23)25(26-27)22-15-4-2-5-16-22/h2-9,11-13,15-19,24-27H,10,14H2,1H3/b19-11+. The van der Waals surface area contributed by atoms with Crippen molar-refractivity contribution in [3.05, 3.63) is 114 Å². The Morgan fingerprint density at radius 2 is 1.54 bits per heavy atom. The summed E-state index contributed by atoms with van der Waals surface area (Å²) in [5.74, 6) is 0. The average Bonchev–Trinajstić information content (AvgIpc) is 2.74. The molecule has 0 saturated heterocycles. The van der Waals surface area contributed by atoms with Crippen LogP contribution in [0.15, 0.2) is 97.1 Å². The van der Waals surface area contributed by atoms with E-state index >= 15 is 0 Å². The Bertz CT molecular complexity index is 864. The maximum atomic E-state index is 9.92. The van der Waals surface area contributed by atoms with Crippen LogP contribution in [0.5, 0.6) is 0 Å². The zero-order chi connectivity index (χ0) is 19.6. The first-order valence-corrected chi connectivity index (χ1v) is 11.5. The van der Waals surface area contributed by atoms with Crippen molar-refractivity contribution in [1.29, 1.82) is 0 Å². The molecular weight excluding hydrogens is 409 g/mol. The number of rotatable bonds is 9. The summed E-state index contributed by atoms with van der Waals surface area (Å²) in [6.07, 6.45) is 6.59. The van der Waals surface area contributed by atoms with Crippen molar-refractivity contribution in [3.63, 3.8) is 0 Å². The van der Waals surface area contributed by atoms with Gasteiger partial charge in [-0.05, 0) is 0 Å². The summed E-state index contributed by atoms with van der Waals surface area (Å²) in [4.78, 5) is 0.221. The topological polar surface area (TPSA) is 32.3 Å². The number of hydrogen-bond donors (Lipinski definition) is 2. The van der Waals surface area contributed by atoms with Gasteiger partial charge in [-0.15, -0.1) is 0 Å². The molecule has 3 heteroatoms. The normalized spacial score (nSPS) is 13.5. The van der Waals surface area contributed by atoms with E-state index < -0.39 is 0 Å². The van der Waals surface area contributed by atoms with Crippen LogP contribution in [-0.2, 0) is 6.42 Å². The molecule has 0 bridgehead atoms. The van der Waals surface area contributed by atoms with Gasteiger partial charge in [-0.1, -0.05) is 0 Å². The van der Waals surface area contributed by atoms with E-state index in [2.05, 4.69) is 85.2 Å². The molecule has 28 heavy (non-hydrogen) atoms. The van der Waals surface area contributed by atoms with Gasteiger partial charge in [-0.2, -0.15) is 0 Å². The molecule has 0 aliphatic heterocycles. The van der Waals surface area contributed by atoms with Gasteiger partial charge in [0.15, 0.2) is 0 Å². The van der Waals surface area contributed by atoms with Crippen molar-refractivity contribution >= 4 is 19.4 Å². The number of hydrogen-bond acceptors (Lipinski definition) is 2. The van der Waals surface area contributed by atoms with Crippen molar-refractivity contribution < 1.29 is 5.21 Å². The van der Waals surface area contributed by atoms with Gasteiger partial charge in [0.1, 0.15) is 0 Å². The fraction of sp³-hybridized carbons (Fsp3) is 0.200. The molecule has 0 heterocycles. The first kappa shape index (κ1) is 20.6. The minimum atomic E-state index is -0.115. The Balaban J connectivity index is 1.74. The van der Waals surface area contributed by atoms with Gasteiger partial charge in [0, 0.05) is 0 Å². The van der Waals surface area contributed by atoms with Crippen LogP contribution in [0.2, 0.25) is 4.82 Å². The average molecular weight is 436 g/mol. The van der Waals surface area contributed by atoms with Gasteiger partial charge in [0.2, 0.25) is 0 Å². The quantitative estimate of drug-likeness (QED) is 0.280. The number of nitrogens with one attached hydrogen (secondary N) is 1. The summed E-state index contributed by atoms with van der Waals surface area (Å²) in [5.41, 5.74) is 6.43. The third kappa shape index (κ3) is 5.92. The molecule has 0 radical (unpaired) electrons. The van der Waals surface area contributed by atoms with E-state index in [4.69, 9.17) is 0 Å². The molecule has 0 amide bonds. The van der Waals surface area contributed by atoms with Crippen LogP contribution in [0, 0.1) is 6.92 Å². The van der Waals surface area contributed by atoms with Crippen LogP contribution in [0.1, 0.15) is 29.2 Å². The van der Waals surface area contributed by atoms with Crippen LogP contribution in [-0.4, -0.2) is 20.2 Å². The zero-order valence-corrected chi connectivity index (χ0v) is 17.9. The van der Waals surface area contributed by atoms with Gasteiger partial charge in [-0.25, -0.2) is 0 Å². The fourth-order valence-corrected chi connectivity index (χ4v) is 5.69. The Labute approximate surface area is 174 Å². The first-order chi connectivity index (χ1) is 13.8. The maximum absolute atomic E-state index is 9.92. The molecule has 0 saturated carbocycles. The first-order valence-electron chi connectivity index (χ1n) is 9.65. The summed E-state index contributed by atoms with van der Waals surface area (Å²) in [6.45, 7) is 2.17. The third-order valence-corrected chi connectivity index (χ3v) is 7.42. The summed E-state index contributed by atoms with van der Waals surface area (Å²) < 4.78 is 1.33. The van der Waals surface area contributed by atoms with E-state index in [9.17, 15) is 5.21 Å². The van der Waals surface area contributed by atoms with Crippen molar-refractivity contribution in [3.8, 4) is 0 Å². The molecule has 3 aromatic carbocycles. The van der Waals surface area contributed by atoms with Gasteiger partial charge in [-0.3, -0.25) is 0 Å². The summed E-state index contributed by atoms with van der Waals surface area (Å²) in [7, 11) is 0. The Morgan fingerprint density at radius 1 is 0.893 bits per heavy atom. The van der Waals surface area contributed by atoms with E-state index in [1.165, 1.54) is 15.6 Å². The number of hydroxylamine groups is 1. The van der Waals surface area contributed by atoms with Gasteiger partial charge >= 0.3 is 175 Å². The SMILES string of the molecule is Cc1ccccc1CC/C=C/C([Se]c1ccccc1)C(NO)c1ccccc1. The Morgan fingerprint density at radius 3 is 2.21 bits per heavy atom. The molecule has 2 unspecified atom stereocenters. The van der Waals surface area contributed by atoms with Crippen molar-refractivity contribution in [1.82, 2.24) is 5.48 Å². The summed E-state index contributed by atoms with van der Waals surface area (Å²) >= 11 is 0.205. The van der Waals surface area contributed by atoms with Gasteiger partial charge in [0.25, 0.3) is 0 Å². The van der Waals surface area contributed by atoms with Crippen LogP contribution >= 0.6 is 0 Å². The van der Waals surface area contributed by atoms with Crippen LogP contribution in [0.3, 0.4) is 0 Å². The number of benzene rings is 3. The van der Waals surface area contributed by atoms with Crippen molar-refractivity contribution in [2.45, 2.75) is 30.6 Å². The molecule has 0 aliphatic carbocycles. The third-order valence-electron chi connectivity index (χ3n) is 4.81. The van der Waals surface area contributed by atoms with Crippen molar-refractivity contribution in [2.75, 3.05) is 0 Å². The second-order valence-corrected chi connectivity index (χ2v) is 9.43. The molecule has 2 N–H and O–H groups in total. The molecule has 2 atom stereocenters. The predicted molar refractivity (Wildman–Crippen MR) is 118 cm³/mol. The van der Waals surface area contributed by atoms with E-state index in [0.29, 0.717) is 0 Å². The van der Waals surface area contributed by atoms with E-state index in [1.54, 1.807) is 0 Å². The second kappa shape index (κ2) is 11.0. The predicted octanol–water partition coefficient (Wildman–Crippen LogP) is 5.02. The molecule has 0 aromatic heterocycles. The summed E-state index contributed by atoms with van der Waals surface area (Å²) in [5, 5.41) is 9.92. The summed E-state index contributed by atoms with van der Waals surface area (Å²) in [6, 6.07) is 29.2. The molecule has 3 aromatic rings. The molecule has 2 nitrogen and oxygen atoms in total. The van der Waals surface area contributed by atoms with Gasteiger partial charge < -0.3 is 0 Å². The van der Waals surface area contributed by atoms with E-state index in [1.807, 2.05) is 24.3 Å². The minimum absolute atomic E-state index is 0.115. The molecule has 0 fully saturated rings. The molecule has 0 aliphatic rings. The van der Waals surface area contributed by atoms with Crippen LogP contribution in [0.25, 0.3) is 0 Å². The number of aryl methyl sites for hydroxylation is 2. The second-order valence-electron chi connectivity index (χ2n) is 6.81. The number of allylic oxidation sites excluding steroid dienone is 1. The van der Waals surface area contributed by atoms with Gasteiger partial charge in [0.05, 0.1) is 0 Å². The molecule has 144 valence electrons. The zero-order valence-electron chi connectivity index (χ0n) is 16.2. The van der Waals surface area contributed by atoms with Crippen LogP contribution < -0.4 is 9.94 Å². The molecule has 3 rings (SSSR count). The van der Waals surface area contributed by atoms with E-state index in [-0.39, 0.29) is 25.8 Å². The fourth-order valence-electron chi connectivity index (χ4n) is 3.23.